The molecular weight excluding hydrogens is 408 g/mol. The van der Waals surface area contributed by atoms with Crippen LogP contribution in [-0.4, -0.2) is 43.6 Å². The monoisotopic (exact) mass is 434 g/mol. The van der Waals surface area contributed by atoms with Crippen molar-refractivity contribution in [2.75, 3.05) is 31.5 Å². The van der Waals surface area contributed by atoms with E-state index in [1.54, 1.807) is 20.3 Å². The lowest BCUT2D eigenvalue weighted by atomic mass is 10.2. The van der Waals surface area contributed by atoms with E-state index < -0.39 is 0 Å². The molecule has 1 aliphatic rings. The number of ether oxygens (including phenoxy) is 1. The van der Waals surface area contributed by atoms with E-state index in [9.17, 15) is 4.79 Å². The molecule has 1 fully saturated rings. The Morgan fingerprint density at radius 2 is 1.96 bits per heavy atom. The zero-order valence-corrected chi connectivity index (χ0v) is 17.9. The summed E-state index contributed by atoms with van der Waals surface area (Å²) in [7, 11) is 5.36. The van der Waals surface area contributed by atoms with Crippen molar-refractivity contribution in [3.63, 3.8) is 0 Å². The van der Waals surface area contributed by atoms with Gasteiger partial charge in [-0.15, -0.1) is 0 Å². The van der Waals surface area contributed by atoms with Crippen LogP contribution in [0.15, 0.2) is 28.9 Å². The highest BCUT2D eigenvalue weighted by atomic mass is 79.9. The maximum atomic E-state index is 11.1. The first-order chi connectivity index (χ1) is 13.0. The van der Waals surface area contributed by atoms with Gasteiger partial charge in [-0.25, -0.2) is 4.98 Å². The molecule has 0 amide bonds. The van der Waals surface area contributed by atoms with Crippen molar-refractivity contribution < 1.29 is 9.53 Å². The molecule has 0 bridgehead atoms. The second-order valence-electron chi connectivity index (χ2n) is 6.64. The molecule has 27 heavy (non-hydrogen) atoms. The van der Waals surface area contributed by atoms with Crippen LogP contribution in [0, 0.1) is 6.92 Å². The second-order valence-corrected chi connectivity index (χ2v) is 7.49. The molecule has 1 aromatic heterocycles. The quantitative estimate of drug-likeness (QED) is 0.684. The van der Waals surface area contributed by atoms with E-state index in [2.05, 4.69) is 42.9 Å². The Hall–Kier alpha value is -1.99. The highest BCUT2D eigenvalue weighted by Gasteiger charge is 2.22. The predicted molar refractivity (Wildman–Crippen MR) is 113 cm³/mol. The average Bonchev–Trinajstić information content (AvgIpc) is 3.19. The fourth-order valence-electron chi connectivity index (χ4n) is 3.16. The van der Waals surface area contributed by atoms with E-state index >= 15 is 0 Å². The van der Waals surface area contributed by atoms with Crippen LogP contribution in [0.4, 0.5) is 17.5 Å². The molecule has 1 aromatic carbocycles. The van der Waals surface area contributed by atoms with Crippen LogP contribution < -0.4 is 10.2 Å². The largest absolute Gasteiger partial charge is 0.388 e. The summed E-state index contributed by atoms with van der Waals surface area (Å²) in [5.41, 5.74) is 2.45. The van der Waals surface area contributed by atoms with E-state index in [-0.39, 0.29) is 0 Å². The molecule has 1 N–H and O–H groups in total. The number of rotatable bonds is 5. The van der Waals surface area contributed by atoms with Crippen molar-refractivity contribution in [1.82, 2.24) is 9.97 Å². The normalized spacial score (nSPS) is 13.7. The lowest BCUT2D eigenvalue weighted by Gasteiger charge is -2.27. The van der Waals surface area contributed by atoms with Crippen LogP contribution in [0.3, 0.4) is 0 Å². The third kappa shape index (κ3) is 5.74. The molecule has 3 rings (SSSR count). The van der Waals surface area contributed by atoms with Crippen molar-refractivity contribution in [3.05, 3.63) is 40.0 Å². The van der Waals surface area contributed by atoms with Crippen LogP contribution in [-0.2, 0) is 4.74 Å². The summed E-state index contributed by atoms with van der Waals surface area (Å²) >= 11 is 3.36. The SMILES string of the molecule is COC.Cc1cnc(Nc2ccc(Br)c(C=O)c2)nc1N(C)C1CCCC1. The van der Waals surface area contributed by atoms with Gasteiger partial charge < -0.3 is 15.0 Å². The van der Waals surface area contributed by atoms with E-state index in [0.29, 0.717) is 17.6 Å². The molecule has 2 aromatic rings. The summed E-state index contributed by atoms with van der Waals surface area (Å²) in [4.78, 5) is 22.4. The molecule has 0 aliphatic heterocycles. The van der Waals surface area contributed by atoms with Crippen molar-refractivity contribution >= 4 is 39.7 Å². The summed E-state index contributed by atoms with van der Waals surface area (Å²) in [6.45, 7) is 2.04. The molecule has 7 heteroatoms. The Kier molecular flexibility index (Phi) is 8.19. The summed E-state index contributed by atoms with van der Waals surface area (Å²) in [6.07, 6.45) is 7.69. The number of hydrogen-bond acceptors (Lipinski definition) is 6. The van der Waals surface area contributed by atoms with Crippen molar-refractivity contribution in [2.24, 2.45) is 0 Å². The van der Waals surface area contributed by atoms with Gasteiger partial charge in [-0.05, 0) is 38.0 Å². The Labute approximate surface area is 169 Å². The first kappa shape index (κ1) is 21.3. The van der Waals surface area contributed by atoms with E-state index in [0.717, 1.165) is 27.8 Å². The molecular formula is C20H27BrN4O2. The van der Waals surface area contributed by atoms with Crippen LogP contribution >= 0.6 is 15.9 Å². The molecule has 1 aliphatic carbocycles. The molecule has 0 spiro atoms. The number of benzene rings is 1. The minimum absolute atomic E-state index is 0.541. The lowest BCUT2D eigenvalue weighted by Crippen LogP contribution is -2.30. The Balaban J connectivity index is 0.000000817. The fourth-order valence-corrected chi connectivity index (χ4v) is 3.50. The highest BCUT2D eigenvalue weighted by molar-refractivity contribution is 9.10. The number of aldehydes is 1. The summed E-state index contributed by atoms with van der Waals surface area (Å²) in [5.74, 6) is 1.51. The smallest absolute Gasteiger partial charge is 0.229 e. The fraction of sp³-hybridized carbons (Fsp3) is 0.450. The standard InChI is InChI=1S/C18H21BrN4O.C2H6O/c1-12-10-20-18(21-14-7-8-16(19)13(9-14)11-24)22-17(12)23(2)15-5-3-4-6-15;1-3-2/h7-11,15H,3-6H2,1-2H3,(H,20,21,22);1-2H3. The van der Waals surface area contributed by atoms with Gasteiger partial charge in [0.15, 0.2) is 6.29 Å². The van der Waals surface area contributed by atoms with E-state index in [1.807, 2.05) is 25.3 Å². The number of nitrogens with zero attached hydrogens (tertiary/aromatic N) is 3. The number of halogens is 1. The number of carbonyl (C=O) groups is 1. The number of anilines is 3. The maximum Gasteiger partial charge on any atom is 0.229 e. The van der Waals surface area contributed by atoms with Crippen molar-refractivity contribution in [3.8, 4) is 0 Å². The molecule has 146 valence electrons. The number of methoxy groups -OCH3 is 1. The number of aromatic nitrogens is 2. The molecule has 1 heterocycles. The summed E-state index contributed by atoms with van der Waals surface area (Å²) < 4.78 is 5.02. The third-order valence-electron chi connectivity index (χ3n) is 4.53. The molecule has 0 atom stereocenters. The molecule has 0 radical (unpaired) electrons. The van der Waals surface area contributed by atoms with Gasteiger partial charge in [0.1, 0.15) is 5.82 Å². The maximum absolute atomic E-state index is 11.1. The van der Waals surface area contributed by atoms with E-state index in [4.69, 9.17) is 4.98 Å². The summed E-state index contributed by atoms with van der Waals surface area (Å²) in [6, 6.07) is 6.06. The van der Waals surface area contributed by atoms with Crippen molar-refractivity contribution in [2.45, 2.75) is 38.6 Å². The second kappa shape index (κ2) is 10.4. The number of carbonyl (C=O) groups excluding carboxylic acids is 1. The van der Waals surface area contributed by atoms with Crippen LogP contribution in [0.2, 0.25) is 0 Å². The zero-order chi connectivity index (χ0) is 19.8. The van der Waals surface area contributed by atoms with Gasteiger partial charge >= 0.3 is 0 Å². The minimum Gasteiger partial charge on any atom is -0.388 e. The van der Waals surface area contributed by atoms with Crippen LogP contribution in [0.1, 0.15) is 41.6 Å². The number of aryl methyl sites for hydroxylation is 1. The highest BCUT2D eigenvalue weighted by Crippen LogP contribution is 2.28. The molecule has 0 unspecified atom stereocenters. The zero-order valence-electron chi connectivity index (χ0n) is 16.3. The first-order valence-electron chi connectivity index (χ1n) is 8.98. The van der Waals surface area contributed by atoms with Crippen molar-refractivity contribution in [1.29, 1.82) is 0 Å². The van der Waals surface area contributed by atoms with Gasteiger partial charge in [-0.1, -0.05) is 28.8 Å². The Bertz CT molecular complexity index is 764. The minimum atomic E-state index is 0.541. The predicted octanol–water partition coefficient (Wildman–Crippen LogP) is 4.75. The van der Waals surface area contributed by atoms with Crippen LogP contribution in [0.5, 0.6) is 0 Å². The average molecular weight is 435 g/mol. The Morgan fingerprint density at radius 3 is 2.59 bits per heavy atom. The van der Waals surface area contributed by atoms with Crippen LogP contribution in [0.25, 0.3) is 0 Å². The lowest BCUT2D eigenvalue weighted by molar-refractivity contribution is 0.112. The molecule has 6 nitrogen and oxygen atoms in total. The number of nitrogens with one attached hydrogen (secondary N) is 1. The molecule has 1 saturated carbocycles. The third-order valence-corrected chi connectivity index (χ3v) is 5.25. The summed E-state index contributed by atoms with van der Waals surface area (Å²) in [5, 5.41) is 3.19. The number of hydrogen-bond donors (Lipinski definition) is 1. The Morgan fingerprint density at radius 1 is 1.30 bits per heavy atom. The first-order valence-corrected chi connectivity index (χ1v) is 9.77. The van der Waals surface area contributed by atoms with Gasteiger partial charge in [0.25, 0.3) is 0 Å². The van der Waals surface area contributed by atoms with E-state index in [1.165, 1.54) is 25.7 Å². The van der Waals surface area contributed by atoms with Gasteiger partial charge in [0, 0.05) is 54.8 Å². The topological polar surface area (TPSA) is 67.3 Å². The van der Waals surface area contributed by atoms with Gasteiger partial charge in [-0.2, -0.15) is 4.98 Å². The van der Waals surface area contributed by atoms with Gasteiger partial charge in [-0.3, -0.25) is 4.79 Å². The van der Waals surface area contributed by atoms with Gasteiger partial charge in [0.2, 0.25) is 5.95 Å². The van der Waals surface area contributed by atoms with Gasteiger partial charge in [0.05, 0.1) is 0 Å². The molecule has 0 saturated heterocycles.